The summed E-state index contributed by atoms with van der Waals surface area (Å²) < 4.78 is 5.50. The van der Waals surface area contributed by atoms with Crippen LogP contribution < -0.4 is 15.4 Å². The highest BCUT2D eigenvalue weighted by Gasteiger charge is 2.12. The van der Waals surface area contributed by atoms with Crippen LogP contribution in [0.25, 0.3) is 0 Å². The van der Waals surface area contributed by atoms with Crippen molar-refractivity contribution in [1.29, 1.82) is 0 Å². The van der Waals surface area contributed by atoms with E-state index in [1.807, 2.05) is 12.1 Å². The van der Waals surface area contributed by atoms with Crippen LogP contribution in [-0.2, 0) is 0 Å². The summed E-state index contributed by atoms with van der Waals surface area (Å²) in [5.41, 5.74) is 6.67. The molecule has 2 rings (SSSR count). The van der Waals surface area contributed by atoms with Gasteiger partial charge in [0.25, 0.3) is 0 Å². The molecule has 0 aliphatic carbocycles. The van der Waals surface area contributed by atoms with Crippen LogP contribution in [0.2, 0.25) is 0 Å². The molecule has 0 radical (unpaired) electrons. The maximum Gasteiger partial charge on any atom is 0.121 e. The molecule has 3 nitrogen and oxygen atoms in total. The van der Waals surface area contributed by atoms with E-state index < -0.39 is 0 Å². The Labute approximate surface area is 90.8 Å². The van der Waals surface area contributed by atoms with Crippen molar-refractivity contribution in [3.05, 3.63) is 24.3 Å². The first-order valence-electron chi connectivity index (χ1n) is 5.58. The van der Waals surface area contributed by atoms with Crippen molar-refractivity contribution in [3.8, 4) is 5.75 Å². The molecule has 1 aromatic rings. The quantitative estimate of drug-likeness (QED) is 0.813. The second-order valence-corrected chi connectivity index (χ2v) is 3.83. The summed E-state index contributed by atoms with van der Waals surface area (Å²) in [5, 5.41) is 0. The van der Waals surface area contributed by atoms with Gasteiger partial charge in [-0.15, -0.1) is 0 Å². The fourth-order valence-corrected chi connectivity index (χ4v) is 1.92. The number of nitrogens with zero attached hydrogens (tertiary/aromatic N) is 1. The molecule has 1 aliphatic heterocycles. The van der Waals surface area contributed by atoms with E-state index in [-0.39, 0.29) is 0 Å². The molecule has 0 atom stereocenters. The molecule has 1 aliphatic rings. The number of ether oxygens (including phenoxy) is 1. The van der Waals surface area contributed by atoms with E-state index in [0.29, 0.717) is 13.2 Å². The molecule has 1 aromatic carbocycles. The smallest absolute Gasteiger partial charge is 0.121 e. The van der Waals surface area contributed by atoms with Crippen molar-refractivity contribution in [2.75, 3.05) is 31.1 Å². The SMILES string of the molecule is NCCOc1cccc(N2CCCC2)c1. The lowest BCUT2D eigenvalue weighted by Gasteiger charge is -2.18. The Bertz CT molecular complexity index is 308. The van der Waals surface area contributed by atoms with Crippen LogP contribution in [0, 0.1) is 0 Å². The Morgan fingerprint density at radius 1 is 1.27 bits per heavy atom. The van der Waals surface area contributed by atoms with Gasteiger partial charge in [0.05, 0.1) is 0 Å². The molecular formula is C12H18N2O. The van der Waals surface area contributed by atoms with Crippen LogP contribution in [0.5, 0.6) is 5.75 Å². The lowest BCUT2D eigenvalue weighted by atomic mass is 10.3. The average Bonchev–Trinajstić information content (AvgIpc) is 2.80. The number of anilines is 1. The van der Waals surface area contributed by atoms with Crippen molar-refractivity contribution >= 4 is 5.69 Å². The van der Waals surface area contributed by atoms with Gasteiger partial charge < -0.3 is 15.4 Å². The van der Waals surface area contributed by atoms with Crippen LogP contribution in [-0.4, -0.2) is 26.2 Å². The van der Waals surface area contributed by atoms with Crippen molar-refractivity contribution < 1.29 is 4.74 Å². The highest BCUT2D eigenvalue weighted by Crippen LogP contribution is 2.24. The van der Waals surface area contributed by atoms with Gasteiger partial charge in [-0.1, -0.05) is 6.07 Å². The Morgan fingerprint density at radius 2 is 2.07 bits per heavy atom. The molecule has 2 N–H and O–H groups in total. The largest absolute Gasteiger partial charge is 0.492 e. The van der Waals surface area contributed by atoms with E-state index in [4.69, 9.17) is 10.5 Å². The van der Waals surface area contributed by atoms with Gasteiger partial charge in [-0.25, -0.2) is 0 Å². The molecule has 0 spiro atoms. The lowest BCUT2D eigenvalue weighted by molar-refractivity contribution is 0.328. The predicted octanol–water partition coefficient (Wildman–Crippen LogP) is 1.62. The summed E-state index contributed by atoms with van der Waals surface area (Å²) in [6.45, 7) is 3.48. The van der Waals surface area contributed by atoms with Gasteiger partial charge in [-0.05, 0) is 25.0 Å². The van der Waals surface area contributed by atoms with E-state index in [2.05, 4.69) is 17.0 Å². The Morgan fingerprint density at radius 3 is 2.80 bits per heavy atom. The first kappa shape index (κ1) is 10.3. The second-order valence-electron chi connectivity index (χ2n) is 3.83. The Hall–Kier alpha value is -1.22. The zero-order chi connectivity index (χ0) is 10.5. The first-order valence-corrected chi connectivity index (χ1v) is 5.58. The number of hydrogen-bond donors (Lipinski definition) is 1. The molecule has 0 unspecified atom stereocenters. The van der Waals surface area contributed by atoms with Gasteiger partial charge in [-0.2, -0.15) is 0 Å². The maximum absolute atomic E-state index is 5.50. The van der Waals surface area contributed by atoms with Crippen molar-refractivity contribution in [2.24, 2.45) is 5.73 Å². The average molecular weight is 206 g/mol. The summed E-state index contributed by atoms with van der Waals surface area (Å²) in [4.78, 5) is 2.40. The number of rotatable bonds is 4. The molecule has 82 valence electrons. The van der Waals surface area contributed by atoms with Crippen LogP contribution in [0.15, 0.2) is 24.3 Å². The van der Waals surface area contributed by atoms with E-state index in [0.717, 1.165) is 5.75 Å². The van der Waals surface area contributed by atoms with Crippen molar-refractivity contribution in [2.45, 2.75) is 12.8 Å². The lowest BCUT2D eigenvalue weighted by Crippen LogP contribution is -2.17. The fraction of sp³-hybridized carbons (Fsp3) is 0.500. The van der Waals surface area contributed by atoms with Gasteiger partial charge in [0.1, 0.15) is 12.4 Å². The predicted molar refractivity (Wildman–Crippen MR) is 62.4 cm³/mol. The number of benzene rings is 1. The molecule has 1 saturated heterocycles. The van der Waals surface area contributed by atoms with Crippen molar-refractivity contribution in [1.82, 2.24) is 0 Å². The van der Waals surface area contributed by atoms with Crippen LogP contribution in [0.3, 0.4) is 0 Å². The summed E-state index contributed by atoms with van der Waals surface area (Å²) in [7, 11) is 0. The standard InChI is InChI=1S/C12H18N2O/c13-6-9-15-12-5-3-4-11(10-12)14-7-1-2-8-14/h3-5,10H,1-2,6-9,13H2. The first-order chi connectivity index (χ1) is 7.40. The minimum absolute atomic E-state index is 0.563. The summed E-state index contributed by atoms with van der Waals surface area (Å²) in [6, 6.07) is 8.26. The minimum Gasteiger partial charge on any atom is -0.492 e. The molecule has 0 saturated carbocycles. The van der Waals surface area contributed by atoms with Crippen LogP contribution in [0.4, 0.5) is 5.69 Å². The summed E-state index contributed by atoms with van der Waals surface area (Å²) in [6.07, 6.45) is 2.60. The topological polar surface area (TPSA) is 38.5 Å². The van der Waals surface area contributed by atoms with Gasteiger partial charge in [0.15, 0.2) is 0 Å². The zero-order valence-electron chi connectivity index (χ0n) is 8.98. The summed E-state index contributed by atoms with van der Waals surface area (Å²) in [5.74, 6) is 0.921. The molecule has 1 heterocycles. The maximum atomic E-state index is 5.50. The Balaban J connectivity index is 2.04. The third-order valence-electron chi connectivity index (χ3n) is 2.68. The molecular weight excluding hydrogens is 188 g/mol. The van der Waals surface area contributed by atoms with Gasteiger partial charge in [0.2, 0.25) is 0 Å². The van der Waals surface area contributed by atoms with Crippen molar-refractivity contribution in [3.63, 3.8) is 0 Å². The number of hydrogen-bond acceptors (Lipinski definition) is 3. The number of nitrogens with two attached hydrogens (primary N) is 1. The van der Waals surface area contributed by atoms with E-state index in [1.165, 1.54) is 31.6 Å². The molecule has 1 fully saturated rings. The fourth-order valence-electron chi connectivity index (χ4n) is 1.92. The van der Waals surface area contributed by atoms with Gasteiger partial charge >= 0.3 is 0 Å². The van der Waals surface area contributed by atoms with E-state index in [9.17, 15) is 0 Å². The van der Waals surface area contributed by atoms with Crippen LogP contribution >= 0.6 is 0 Å². The summed E-state index contributed by atoms with van der Waals surface area (Å²) >= 11 is 0. The highest BCUT2D eigenvalue weighted by molar-refractivity contribution is 5.51. The monoisotopic (exact) mass is 206 g/mol. The molecule has 15 heavy (non-hydrogen) atoms. The zero-order valence-corrected chi connectivity index (χ0v) is 8.98. The molecule has 0 amide bonds. The van der Waals surface area contributed by atoms with E-state index >= 15 is 0 Å². The normalized spacial score (nSPS) is 15.7. The van der Waals surface area contributed by atoms with Gasteiger partial charge in [-0.3, -0.25) is 0 Å². The highest BCUT2D eigenvalue weighted by atomic mass is 16.5. The second kappa shape index (κ2) is 5.03. The van der Waals surface area contributed by atoms with Gasteiger partial charge in [0, 0.05) is 31.4 Å². The molecule has 0 aromatic heterocycles. The van der Waals surface area contributed by atoms with Crippen LogP contribution in [0.1, 0.15) is 12.8 Å². The van der Waals surface area contributed by atoms with E-state index in [1.54, 1.807) is 0 Å². The third kappa shape index (κ3) is 2.63. The minimum atomic E-state index is 0.563. The third-order valence-corrected chi connectivity index (χ3v) is 2.68. The Kier molecular flexibility index (Phi) is 3.45. The molecule has 0 bridgehead atoms. The molecule has 3 heteroatoms.